The molecule has 0 bridgehead atoms. The molecule has 0 saturated carbocycles. The molecular formula is C34H44ClN5O6S. The van der Waals surface area contributed by atoms with Crippen LogP contribution < -0.4 is 16.2 Å². The lowest BCUT2D eigenvalue weighted by molar-refractivity contribution is -0.139. The first-order chi connectivity index (χ1) is 22.5. The highest BCUT2D eigenvalue weighted by Crippen LogP contribution is 2.32. The quantitative estimate of drug-likeness (QED) is 0.101. The maximum atomic E-state index is 14.1. The smallest absolute Gasteiger partial charge is 0.264 e. The van der Waals surface area contributed by atoms with Gasteiger partial charge >= 0.3 is 0 Å². The fourth-order valence-corrected chi connectivity index (χ4v) is 6.92. The Balaban J connectivity index is 1.58. The van der Waals surface area contributed by atoms with E-state index in [2.05, 4.69) is 9.71 Å². The van der Waals surface area contributed by atoms with Crippen LogP contribution in [0.4, 0.5) is 0 Å². The molecule has 1 amide bonds. The Morgan fingerprint density at radius 3 is 2.53 bits per heavy atom. The Labute approximate surface area is 281 Å². The minimum absolute atomic E-state index is 0.0227. The van der Waals surface area contributed by atoms with E-state index in [9.17, 15) is 22.8 Å². The molecule has 254 valence electrons. The lowest BCUT2D eigenvalue weighted by Gasteiger charge is -2.28. The Bertz CT molecular complexity index is 1630. The normalized spacial score (nSPS) is 18.2. The molecule has 2 heterocycles. The van der Waals surface area contributed by atoms with E-state index in [4.69, 9.17) is 27.5 Å². The third kappa shape index (κ3) is 10.5. The van der Waals surface area contributed by atoms with Gasteiger partial charge in [-0.15, -0.1) is 0 Å². The van der Waals surface area contributed by atoms with Gasteiger partial charge in [0, 0.05) is 30.5 Å². The summed E-state index contributed by atoms with van der Waals surface area (Å²) in [5.41, 5.74) is 13.4. The van der Waals surface area contributed by atoms with Gasteiger partial charge in [0.1, 0.15) is 11.6 Å². The number of amides is 1. The molecule has 1 saturated heterocycles. The number of fused-ring (bicyclic) bond motifs is 1. The number of benzene rings is 2. The molecule has 0 unspecified atom stereocenters. The lowest BCUT2D eigenvalue weighted by Crippen LogP contribution is -2.51. The number of aryl methyl sites for hydroxylation is 1. The van der Waals surface area contributed by atoms with Gasteiger partial charge in [0.05, 0.1) is 12.3 Å². The number of nitrogens with two attached hydrogens (primary N) is 2. The minimum atomic E-state index is -3.75. The zero-order chi connectivity index (χ0) is 34.0. The van der Waals surface area contributed by atoms with E-state index in [1.54, 1.807) is 36.4 Å². The Morgan fingerprint density at radius 1 is 1.11 bits per heavy atom. The van der Waals surface area contributed by atoms with E-state index in [1.165, 1.54) is 4.90 Å². The number of likely N-dealkylation sites (tertiary alicyclic amines) is 1. The van der Waals surface area contributed by atoms with Crippen molar-refractivity contribution in [2.45, 2.75) is 63.5 Å². The summed E-state index contributed by atoms with van der Waals surface area (Å²) in [7, 11) is -3.75. The molecule has 1 aliphatic heterocycles. The first-order valence-electron chi connectivity index (χ1n) is 16.0. The van der Waals surface area contributed by atoms with Gasteiger partial charge in [-0.1, -0.05) is 54.4 Å². The number of nitrogens with one attached hydrogen (secondary N) is 1. The molecule has 2 aromatic carbocycles. The first-order valence-corrected chi connectivity index (χ1v) is 18.3. The van der Waals surface area contributed by atoms with E-state index in [1.807, 2.05) is 24.3 Å². The molecule has 5 N–H and O–H groups in total. The number of oxazole rings is 1. The number of hydrogen-bond acceptors (Lipinski definition) is 9. The summed E-state index contributed by atoms with van der Waals surface area (Å²) in [6.45, 7) is 0.963. The molecule has 0 spiro atoms. The van der Waals surface area contributed by atoms with Gasteiger partial charge in [-0.25, -0.2) is 18.1 Å². The van der Waals surface area contributed by atoms with Crippen LogP contribution in [0.25, 0.3) is 11.1 Å². The number of ketones is 2. The molecule has 47 heavy (non-hydrogen) atoms. The van der Waals surface area contributed by atoms with E-state index < -0.39 is 33.9 Å². The van der Waals surface area contributed by atoms with Crippen LogP contribution in [0, 0.1) is 11.8 Å². The number of sulfonamides is 1. The maximum Gasteiger partial charge on any atom is 0.264 e. The van der Waals surface area contributed by atoms with Crippen molar-refractivity contribution in [2.24, 2.45) is 23.3 Å². The van der Waals surface area contributed by atoms with E-state index >= 15 is 0 Å². The summed E-state index contributed by atoms with van der Waals surface area (Å²) >= 11 is 6.05. The molecule has 1 fully saturated rings. The molecule has 4 rings (SSSR count). The van der Waals surface area contributed by atoms with Crippen LogP contribution in [0.5, 0.6) is 0 Å². The second kappa shape index (κ2) is 17.1. The molecular weight excluding hydrogens is 642 g/mol. The standard InChI is InChI=1S/C34H44ClN5O6S/c1-47(44,45)39-28(10-5-7-19-37)34(43)40-22-24(13-12-23-14-16-26(35)17-15-23)20-29(40)30(41)21-25(8-4-6-18-36)32(42)33-38-27-9-2-3-11-31(27)46-33/h2-3,5,7,9,11,14-17,24-25,28-29,39H,4,6,8,10,12-13,18-22,36-37H2,1H3/b7-5+/t24-,25-,28-,29+/m1/s1. The van der Waals surface area contributed by atoms with Crippen molar-refractivity contribution >= 4 is 50.2 Å². The Morgan fingerprint density at radius 2 is 1.85 bits per heavy atom. The highest BCUT2D eigenvalue weighted by molar-refractivity contribution is 7.88. The van der Waals surface area contributed by atoms with Crippen LogP contribution >= 0.6 is 11.6 Å². The average Bonchev–Trinajstić information content (AvgIpc) is 3.67. The van der Waals surface area contributed by atoms with Crippen molar-refractivity contribution in [3.63, 3.8) is 0 Å². The minimum Gasteiger partial charge on any atom is -0.434 e. The second-order valence-electron chi connectivity index (χ2n) is 12.2. The maximum absolute atomic E-state index is 14.1. The predicted octanol–water partition coefficient (Wildman–Crippen LogP) is 4.04. The zero-order valence-corrected chi connectivity index (χ0v) is 28.2. The number of hydrogen-bond donors (Lipinski definition) is 3. The van der Waals surface area contributed by atoms with Crippen molar-refractivity contribution in [1.82, 2.24) is 14.6 Å². The molecule has 4 atom stereocenters. The number of carbonyl (C=O) groups excluding carboxylic acids is 3. The summed E-state index contributed by atoms with van der Waals surface area (Å²) in [6, 6.07) is 12.7. The lowest BCUT2D eigenvalue weighted by atomic mass is 9.88. The number of Topliss-reactive ketones (excluding diaryl/α,β-unsaturated/α-hetero) is 2. The number of halogens is 1. The largest absolute Gasteiger partial charge is 0.434 e. The Kier molecular flexibility index (Phi) is 13.3. The summed E-state index contributed by atoms with van der Waals surface area (Å²) in [5, 5.41) is 0.638. The molecule has 0 aliphatic carbocycles. The molecule has 1 aliphatic rings. The molecule has 1 aromatic heterocycles. The van der Waals surface area contributed by atoms with Gasteiger partial charge in [0.25, 0.3) is 5.89 Å². The van der Waals surface area contributed by atoms with Crippen LogP contribution in [0.15, 0.2) is 65.1 Å². The molecule has 13 heteroatoms. The van der Waals surface area contributed by atoms with Crippen molar-refractivity contribution in [1.29, 1.82) is 0 Å². The first kappa shape index (κ1) is 36.4. The number of carbonyl (C=O) groups is 3. The number of aromatic nitrogens is 1. The number of rotatable bonds is 18. The van der Waals surface area contributed by atoms with Crippen LogP contribution in [0.1, 0.15) is 61.2 Å². The van der Waals surface area contributed by atoms with E-state index in [0.717, 1.165) is 11.8 Å². The monoisotopic (exact) mass is 685 g/mol. The molecule has 3 aromatic rings. The van der Waals surface area contributed by atoms with Gasteiger partial charge in [-0.05, 0) is 80.8 Å². The third-order valence-electron chi connectivity index (χ3n) is 8.46. The van der Waals surface area contributed by atoms with Gasteiger partial charge < -0.3 is 20.8 Å². The number of unbranched alkanes of at least 4 members (excludes halogenated alkanes) is 1. The Hall–Kier alpha value is -3.42. The predicted molar refractivity (Wildman–Crippen MR) is 182 cm³/mol. The SMILES string of the molecule is CS(=O)(=O)N[C@H](C/C=C/CN)C(=O)N1C[C@H](CCc2ccc(Cl)cc2)C[C@H]1C(=O)C[C@@H](CCCCN)C(=O)c1nc2ccccc2o1. The van der Waals surface area contributed by atoms with Crippen LogP contribution in [-0.2, 0) is 26.0 Å². The highest BCUT2D eigenvalue weighted by atomic mass is 35.5. The summed E-state index contributed by atoms with van der Waals surface area (Å²) in [4.78, 5) is 47.7. The number of nitrogens with zero attached hydrogens (tertiary/aromatic N) is 2. The van der Waals surface area contributed by atoms with Crippen molar-refractivity contribution in [3.05, 3.63) is 77.2 Å². The van der Waals surface area contributed by atoms with Gasteiger partial charge in [0.15, 0.2) is 11.4 Å². The topological polar surface area (TPSA) is 179 Å². The second-order valence-corrected chi connectivity index (χ2v) is 14.4. The fraction of sp³-hybridized carbons (Fsp3) is 0.471. The average molecular weight is 686 g/mol. The van der Waals surface area contributed by atoms with Gasteiger partial charge in [-0.2, -0.15) is 0 Å². The van der Waals surface area contributed by atoms with Crippen LogP contribution in [-0.4, -0.2) is 73.7 Å². The zero-order valence-electron chi connectivity index (χ0n) is 26.6. The van der Waals surface area contributed by atoms with Crippen molar-refractivity contribution in [3.8, 4) is 0 Å². The highest BCUT2D eigenvalue weighted by Gasteiger charge is 2.42. The third-order valence-corrected chi connectivity index (χ3v) is 9.42. The van der Waals surface area contributed by atoms with Gasteiger partial charge in [0.2, 0.25) is 21.7 Å². The van der Waals surface area contributed by atoms with E-state index in [-0.39, 0.29) is 49.3 Å². The van der Waals surface area contributed by atoms with Crippen LogP contribution in [0.3, 0.4) is 0 Å². The van der Waals surface area contributed by atoms with Crippen molar-refractivity contribution in [2.75, 3.05) is 25.9 Å². The van der Waals surface area contributed by atoms with E-state index in [0.29, 0.717) is 61.2 Å². The summed E-state index contributed by atoms with van der Waals surface area (Å²) in [5.74, 6) is -1.92. The van der Waals surface area contributed by atoms with Crippen molar-refractivity contribution < 1.29 is 27.2 Å². The van der Waals surface area contributed by atoms with Gasteiger partial charge in [-0.3, -0.25) is 14.4 Å². The number of para-hydroxylation sites is 2. The van der Waals surface area contributed by atoms with Crippen LogP contribution in [0.2, 0.25) is 5.02 Å². The molecule has 0 radical (unpaired) electrons. The fourth-order valence-electron chi connectivity index (χ4n) is 6.08. The summed E-state index contributed by atoms with van der Waals surface area (Å²) in [6.07, 6.45) is 7.79. The summed E-state index contributed by atoms with van der Waals surface area (Å²) < 4.78 is 32.7. The molecule has 11 nitrogen and oxygen atoms in total.